The summed E-state index contributed by atoms with van der Waals surface area (Å²) in [5.41, 5.74) is -0.445. The van der Waals surface area contributed by atoms with Crippen LogP contribution in [0.25, 0.3) is 0 Å². The molecule has 1 amide bonds. The summed E-state index contributed by atoms with van der Waals surface area (Å²) < 4.78 is 5.52. The third kappa shape index (κ3) is 10.1. The van der Waals surface area contributed by atoms with Gasteiger partial charge in [0, 0.05) is 45.0 Å². The molecule has 160 valence electrons. The predicted octanol–water partition coefficient (Wildman–Crippen LogP) is 3.90. The molecule has 1 atom stereocenters. The number of ether oxygens (including phenoxy) is 1. The normalized spacial score (nSPS) is 17.1. The first-order chi connectivity index (χ1) is 12.2. The van der Waals surface area contributed by atoms with Crippen molar-refractivity contribution in [3.63, 3.8) is 0 Å². The first-order valence-corrected chi connectivity index (χ1v) is 10.9. The van der Waals surface area contributed by atoms with Crippen molar-refractivity contribution in [2.45, 2.75) is 58.3 Å². The summed E-state index contributed by atoms with van der Waals surface area (Å²) in [7, 11) is 1.85. The highest BCUT2D eigenvalue weighted by atomic mass is 127. The molecular formula is C19H39IN4O2S. The first kappa shape index (κ1) is 26.6. The number of carbonyl (C=O) groups is 1. The number of nitrogens with zero attached hydrogens (tertiary/aromatic N) is 3. The molecule has 0 aromatic carbocycles. The molecule has 0 aromatic heterocycles. The number of carbonyl (C=O) groups excluding carboxylic acids is 1. The van der Waals surface area contributed by atoms with Crippen LogP contribution in [-0.2, 0) is 4.74 Å². The lowest BCUT2D eigenvalue weighted by Crippen LogP contribution is -2.48. The van der Waals surface area contributed by atoms with E-state index >= 15 is 0 Å². The van der Waals surface area contributed by atoms with E-state index in [0.717, 1.165) is 45.0 Å². The summed E-state index contributed by atoms with van der Waals surface area (Å²) >= 11 is 1.85. The van der Waals surface area contributed by atoms with Crippen molar-refractivity contribution in [2.75, 3.05) is 46.0 Å². The minimum atomic E-state index is -0.445. The minimum Gasteiger partial charge on any atom is -0.444 e. The number of piperidine rings is 1. The van der Waals surface area contributed by atoms with Gasteiger partial charge in [-0.05, 0) is 52.7 Å². The van der Waals surface area contributed by atoms with Gasteiger partial charge in [-0.3, -0.25) is 4.99 Å². The molecule has 1 heterocycles. The van der Waals surface area contributed by atoms with Crippen LogP contribution in [0.2, 0.25) is 0 Å². The number of likely N-dealkylation sites (tertiary alicyclic amines) is 1. The van der Waals surface area contributed by atoms with Gasteiger partial charge in [0.2, 0.25) is 0 Å². The highest BCUT2D eigenvalue weighted by Gasteiger charge is 2.27. The van der Waals surface area contributed by atoms with E-state index in [0.29, 0.717) is 17.7 Å². The van der Waals surface area contributed by atoms with Gasteiger partial charge in [-0.1, -0.05) is 6.92 Å². The Labute approximate surface area is 187 Å². The van der Waals surface area contributed by atoms with Crippen LogP contribution < -0.4 is 5.32 Å². The van der Waals surface area contributed by atoms with Gasteiger partial charge in [0.25, 0.3) is 0 Å². The molecule has 1 N–H and O–H groups in total. The van der Waals surface area contributed by atoms with Gasteiger partial charge in [-0.2, -0.15) is 11.8 Å². The second kappa shape index (κ2) is 13.0. The Bertz CT molecular complexity index is 463. The maximum absolute atomic E-state index is 12.3. The van der Waals surface area contributed by atoms with E-state index in [1.807, 2.05) is 51.4 Å². The molecule has 27 heavy (non-hydrogen) atoms. The summed E-state index contributed by atoms with van der Waals surface area (Å²) in [5, 5.41) is 4.04. The Morgan fingerprint density at radius 3 is 2.41 bits per heavy atom. The van der Waals surface area contributed by atoms with Crippen molar-refractivity contribution in [3.05, 3.63) is 0 Å². The fraction of sp³-hybridized carbons (Fsp3) is 0.895. The van der Waals surface area contributed by atoms with Crippen LogP contribution in [0.5, 0.6) is 0 Å². The molecule has 0 saturated carbocycles. The number of hydrogen-bond acceptors (Lipinski definition) is 4. The van der Waals surface area contributed by atoms with Crippen molar-refractivity contribution in [1.29, 1.82) is 0 Å². The molecule has 1 rings (SSSR count). The Morgan fingerprint density at radius 2 is 1.96 bits per heavy atom. The number of nitrogens with one attached hydrogen (secondary N) is 1. The maximum atomic E-state index is 12.3. The second-order valence-corrected chi connectivity index (χ2v) is 9.20. The Morgan fingerprint density at radius 1 is 1.37 bits per heavy atom. The SMILES string of the molecule is CCN(CC1CCN(C(=NC)NCC(C)SC)CC1)C(=O)OC(C)(C)C.I. The van der Waals surface area contributed by atoms with E-state index in [-0.39, 0.29) is 30.1 Å². The zero-order valence-electron chi connectivity index (χ0n) is 18.1. The Balaban J connectivity index is 0.00000676. The first-order valence-electron chi connectivity index (χ1n) is 9.66. The van der Waals surface area contributed by atoms with Crippen LogP contribution in [0, 0.1) is 5.92 Å². The largest absolute Gasteiger partial charge is 0.444 e. The summed E-state index contributed by atoms with van der Waals surface area (Å²) in [6, 6.07) is 0. The number of amides is 1. The van der Waals surface area contributed by atoms with Gasteiger partial charge in [-0.25, -0.2) is 4.79 Å². The molecule has 0 radical (unpaired) electrons. The molecule has 0 bridgehead atoms. The van der Waals surface area contributed by atoms with E-state index in [4.69, 9.17) is 4.74 Å². The number of aliphatic imine (C=N–C) groups is 1. The summed E-state index contributed by atoms with van der Waals surface area (Å²) in [5.74, 6) is 1.51. The molecule has 1 aliphatic rings. The smallest absolute Gasteiger partial charge is 0.410 e. The van der Waals surface area contributed by atoms with Crippen LogP contribution in [0.15, 0.2) is 4.99 Å². The summed E-state index contributed by atoms with van der Waals surface area (Å²) in [6.45, 7) is 14.3. The van der Waals surface area contributed by atoms with Gasteiger partial charge in [0.15, 0.2) is 5.96 Å². The van der Waals surface area contributed by atoms with Gasteiger partial charge < -0.3 is 19.9 Å². The van der Waals surface area contributed by atoms with E-state index in [2.05, 4.69) is 28.4 Å². The average molecular weight is 515 g/mol. The Hall–Kier alpha value is -0.380. The van der Waals surface area contributed by atoms with Crippen molar-refractivity contribution < 1.29 is 9.53 Å². The molecule has 0 aliphatic carbocycles. The molecule has 1 aliphatic heterocycles. The zero-order chi connectivity index (χ0) is 19.7. The lowest BCUT2D eigenvalue weighted by atomic mass is 9.96. The fourth-order valence-corrected chi connectivity index (χ4v) is 3.20. The quantitative estimate of drug-likeness (QED) is 0.331. The van der Waals surface area contributed by atoms with Crippen molar-refractivity contribution in [3.8, 4) is 0 Å². The van der Waals surface area contributed by atoms with Crippen LogP contribution in [0.3, 0.4) is 0 Å². The van der Waals surface area contributed by atoms with Crippen LogP contribution in [-0.4, -0.2) is 78.7 Å². The number of halogens is 1. The fourth-order valence-electron chi connectivity index (χ4n) is 2.95. The molecule has 1 unspecified atom stereocenters. The maximum Gasteiger partial charge on any atom is 0.410 e. The summed E-state index contributed by atoms with van der Waals surface area (Å²) in [6.07, 6.45) is 4.06. The molecule has 1 saturated heterocycles. The van der Waals surface area contributed by atoms with Crippen LogP contribution >= 0.6 is 35.7 Å². The molecular weight excluding hydrogens is 475 g/mol. The van der Waals surface area contributed by atoms with Crippen molar-refractivity contribution in [1.82, 2.24) is 15.1 Å². The number of guanidine groups is 1. The lowest BCUT2D eigenvalue weighted by Gasteiger charge is -2.36. The summed E-state index contributed by atoms with van der Waals surface area (Å²) in [4.78, 5) is 20.9. The molecule has 1 fully saturated rings. The van der Waals surface area contributed by atoms with Gasteiger partial charge in [0.05, 0.1) is 0 Å². The zero-order valence-corrected chi connectivity index (χ0v) is 21.2. The molecule has 0 aromatic rings. The average Bonchev–Trinajstić information content (AvgIpc) is 2.59. The van der Waals surface area contributed by atoms with Crippen LogP contribution in [0.4, 0.5) is 4.79 Å². The highest BCUT2D eigenvalue weighted by Crippen LogP contribution is 2.20. The minimum absolute atomic E-state index is 0. The predicted molar refractivity (Wildman–Crippen MR) is 128 cm³/mol. The standard InChI is InChI=1S/C19H38N4O2S.HI/c1-8-22(18(24)25-19(3,4)5)14-16-9-11-23(12-10-16)17(20-6)21-13-15(2)26-7;/h15-16H,8-14H2,1-7H3,(H,20,21);1H. The molecule has 0 spiro atoms. The number of hydrogen-bond donors (Lipinski definition) is 1. The van der Waals surface area contributed by atoms with E-state index in [9.17, 15) is 4.79 Å². The van der Waals surface area contributed by atoms with Gasteiger partial charge in [-0.15, -0.1) is 24.0 Å². The van der Waals surface area contributed by atoms with E-state index < -0.39 is 5.60 Å². The topological polar surface area (TPSA) is 57.2 Å². The number of rotatable bonds is 6. The van der Waals surface area contributed by atoms with E-state index in [1.165, 1.54) is 0 Å². The van der Waals surface area contributed by atoms with Crippen molar-refractivity contribution in [2.24, 2.45) is 10.9 Å². The molecule has 8 heteroatoms. The van der Waals surface area contributed by atoms with Gasteiger partial charge >= 0.3 is 6.09 Å². The van der Waals surface area contributed by atoms with E-state index in [1.54, 1.807) is 0 Å². The highest BCUT2D eigenvalue weighted by molar-refractivity contribution is 14.0. The number of thioether (sulfide) groups is 1. The third-order valence-corrected chi connectivity index (χ3v) is 5.56. The van der Waals surface area contributed by atoms with Crippen molar-refractivity contribution >= 4 is 47.8 Å². The van der Waals surface area contributed by atoms with Gasteiger partial charge in [0.1, 0.15) is 5.60 Å². The third-order valence-electron chi connectivity index (χ3n) is 4.59. The molecule has 6 nitrogen and oxygen atoms in total. The monoisotopic (exact) mass is 514 g/mol. The Kier molecular flexibility index (Phi) is 12.8. The second-order valence-electron chi connectivity index (χ2n) is 7.92. The van der Waals surface area contributed by atoms with Crippen LogP contribution in [0.1, 0.15) is 47.5 Å². The lowest BCUT2D eigenvalue weighted by molar-refractivity contribution is 0.0214.